The van der Waals surface area contributed by atoms with Crippen LogP contribution in [0.4, 0.5) is 0 Å². The molecular weight excluding hydrogens is 322 g/mol. The molecule has 6 heteroatoms. The number of carbonyl (C=O) groups is 2. The van der Waals surface area contributed by atoms with E-state index in [1.807, 2.05) is 11.4 Å². The number of nitrogens with zero attached hydrogens (tertiary/aromatic N) is 2. The standard InChI is InChI=1S/C18H29N3O2S/c1-15-7-5-11-21(13-15)10-4-3-9-19-17(22)14-20(2)18(23)16-8-6-12-24-16/h6,8,12,15H,3-5,7,9-11,13-14H2,1-2H3,(H,19,22). The van der Waals surface area contributed by atoms with E-state index in [1.165, 1.54) is 42.2 Å². The fourth-order valence-corrected chi connectivity index (χ4v) is 3.83. The van der Waals surface area contributed by atoms with E-state index in [9.17, 15) is 9.59 Å². The van der Waals surface area contributed by atoms with Crippen LogP contribution in [0.2, 0.25) is 0 Å². The number of rotatable bonds is 8. The average Bonchev–Trinajstić information content (AvgIpc) is 3.08. The first-order chi connectivity index (χ1) is 11.6. The lowest BCUT2D eigenvalue weighted by molar-refractivity contribution is -0.121. The lowest BCUT2D eigenvalue weighted by Crippen LogP contribution is -2.38. The number of piperidine rings is 1. The lowest BCUT2D eigenvalue weighted by atomic mass is 10.0. The third-order valence-electron chi connectivity index (χ3n) is 4.42. The number of amides is 2. The van der Waals surface area contributed by atoms with Gasteiger partial charge in [0.2, 0.25) is 5.91 Å². The number of hydrogen-bond donors (Lipinski definition) is 1. The zero-order valence-electron chi connectivity index (χ0n) is 14.8. The molecule has 1 fully saturated rings. The number of hydrogen-bond acceptors (Lipinski definition) is 4. The van der Waals surface area contributed by atoms with Crippen LogP contribution in [0.3, 0.4) is 0 Å². The first-order valence-corrected chi connectivity index (χ1v) is 9.72. The van der Waals surface area contributed by atoms with Crippen LogP contribution in [0.25, 0.3) is 0 Å². The van der Waals surface area contributed by atoms with Crippen molar-refractivity contribution in [1.82, 2.24) is 15.1 Å². The minimum Gasteiger partial charge on any atom is -0.355 e. The van der Waals surface area contributed by atoms with Gasteiger partial charge in [-0.05, 0) is 56.1 Å². The van der Waals surface area contributed by atoms with E-state index in [1.54, 1.807) is 13.1 Å². The maximum atomic E-state index is 12.1. The van der Waals surface area contributed by atoms with E-state index in [0.717, 1.165) is 25.3 Å². The van der Waals surface area contributed by atoms with Gasteiger partial charge in [0.05, 0.1) is 11.4 Å². The van der Waals surface area contributed by atoms with Gasteiger partial charge < -0.3 is 15.1 Å². The van der Waals surface area contributed by atoms with Gasteiger partial charge >= 0.3 is 0 Å². The number of nitrogens with one attached hydrogen (secondary N) is 1. The SMILES string of the molecule is CC1CCCN(CCCCNC(=O)CN(C)C(=O)c2cccs2)C1. The molecule has 2 amide bonds. The Morgan fingerprint density at radius 2 is 2.25 bits per heavy atom. The lowest BCUT2D eigenvalue weighted by Gasteiger charge is -2.30. The zero-order valence-corrected chi connectivity index (χ0v) is 15.6. The van der Waals surface area contributed by atoms with Crippen LogP contribution in [0.5, 0.6) is 0 Å². The summed E-state index contributed by atoms with van der Waals surface area (Å²) in [5.41, 5.74) is 0. The maximum Gasteiger partial charge on any atom is 0.264 e. The largest absolute Gasteiger partial charge is 0.355 e. The van der Waals surface area contributed by atoms with Crippen molar-refractivity contribution in [3.05, 3.63) is 22.4 Å². The molecule has 0 radical (unpaired) electrons. The molecule has 5 nitrogen and oxygen atoms in total. The second kappa shape index (κ2) is 9.79. The normalized spacial score (nSPS) is 18.3. The molecule has 1 aromatic heterocycles. The molecule has 0 aliphatic carbocycles. The maximum absolute atomic E-state index is 12.1. The highest BCUT2D eigenvalue weighted by molar-refractivity contribution is 7.12. The highest BCUT2D eigenvalue weighted by atomic mass is 32.1. The number of likely N-dealkylation sites (N-methyl/N-ethyl adjacent to an activating group) is 1. The van der Waals surface area contributed by atoms with Gasteiger partial charge in [-0.25, -0.2) is 0 Å². The number of likely N-dealkylation sites (tertiary alicyclic amines) is 1. The molecule has 1 saturated heterocycles. The van der Waals surface area contributed by atoms with Crippen molar-refractivity contribution in [2.45, 2.75) is 32.6 Å². The summed E-state index contributed by atoms with van der Waals surface area (Å²) in [7, 11) is 1.67. The van der Waals surface area contributed by atoms with E-state index < -0.39 is 0 Å². The van der Waals surface area contributed by atoms with Crippen LogP contribution in [-0.4, -0.2) is 61.4 Å². The van der Waals surface area contributed by atoms with Crippen molar-refractivity contribution < 1.29 is 9.59 Å². The van der Waals surface area contributed by atoms with Crippen LogP contribution >= 0.6 is 11.3 Å². The quantitative estimate of drug-likeness (QED) is 0.732. The highest BCUT2D eigenvalue weighted by Gasteiger charge is 2.16. The molecule has 0 aromatic carbocycles. The van der Waals surface area contributed by atoms with Gasteiger partial charge in [-0.2, -0.15) is 0 Å². The molecule has 2 heterocycles. The molecule has 24 heavy (non-hydrogen) atoms. The predicted molar refractivity (Wildman–Crippen MR) is 98.4 cm³/mol. The third kappa shape index (κ3) is 6.24. The summed E-state index contributed by atoms with van der Waals surface area (Å²) >= 11 is 1.40. The molecule has 1 unspecified atom stereocenters. The van der Waals surface area contributed by atoms with E-state index >= 15 is 0 Å². The molecule has 1 atom stereocenters. The first kappa shape index (κ1) is 18.9. The first-order valence-electron chi connectivity index (χ1n) is 8.84. The molecule has 1 aromatic rings. The van der Waals surface area contributed by atoms with Gasteiger partial charge in [-0.1, -0.05) is 13.0 Å². The van der Waals surface area contributed by atoms with Crippen LogP contribution in [0.15, 0.2) is 17.5 Å². The summed E-state index contributed by atoms with van der Waals surface area (Å²) in [6.07, 6.45) is 4.75. The Labute approximate surface area is 149 Å². The topological polar surface area (TPSA) is 52.7 Å². The molecule has 1 N–H and O–H groups in total. The van der Waals surface area contributed by atoms with E-state index in [4.69, 9.17) is 0 Å². The van der Waals surface area contributed by atoms with Crippen molar-refractivity contribution in [2.24, 2.45) is 5.92 Å². The van der Waals surface area contributed by atoms with Crippen molar-refractivity contribution in [3.63, 3.8) is 0 Å². The number of unbranched alkanes of at least 4 members (excludes halogenated alkanes) is 1. The Morgan fingerprint density at radius 1 is 1.42 bits per heavy atom. The van der Waals surface area contributed by atoms with Gasteiger partial charge in [-0.15, -0.1) is 11.3 Å². The van der Waals surface area contributed by atoms with Gasteiger partial charge in [0, 0.05) is 20.1 Å². The van der Waals surface area contributed by atoms with Gasteiger partial charge in [0.15, 0.2) is 0 Å². The Morgan fingerprint density at radius 3 is 2.96 bits per heavy atom. The second-order valence-corrected chi connectivity index (χ2v) is 7.69. The minimum atomic E-state index is -0.0978. The van der Waals surface area contributed by atoms with E-state index in [0.29, 0.717) is 11.4 Å². The summed E-state index contributed by atoms with van der Waals surface area (Å²) in [6, 6.07) is 3.62. The molecule has 0 saturated carbocycles. The second-order valence-electron chi connectivity index (χ2n) is 6.74. The Bertz CT molecular complexity index is 518. The molecule has 0 bridgehead atoms. The Balaban J connectivity index is 1.55. The number of thiophene rings is 1. The van der Waals surface area contributed by atoms with Crippen molar-refractivity contribution in [3.8, 4) is 0 Å². The molecule has 134 valence electrons. The van der Waals surface area contributed by atoms with Crippen molar-refractivity contribution >= 4 is 23.2 Å². The van der Waals surface area contributed by atoms with Gasteiger partial charge in [0.1, 0.15) is 0 Å². The predicted octanol–water partition coefficient (Wildman–Crippen LogP) is 2.45. The monoisotopic (exact) mass is 351 g/mol. The molecule has 2 rings (SSSR count). The van der Waals surface area contributed by atoms with Gasteiger partial charge in [-0.3, -0.25) is 9.59 Å². The van der Waals surface area contributed by atoms with E-state index in [2.05, 4.69) is 17.1 Å². The van der Waals surface area contributed by atoms with E-state index in [-0.39, 0.29) is 18.4 Å². The zero-order chi connectivity index (χ0) is 17.4. The Kier molecular flexibility index (Phi) is 7.72. The summed E-state index contributed by atoms with van der Waals surface area (Å²) in [5.74, 6) is 0.628. The van der Waals surface area contributed by atoms with Crippen LogP contribution < -0.4 is 5.32 Å². The third-order valence-corrected chi connectivity index (χ3v) is 5.28. The summed E-state index contributed by atoms with van der Waals surface area (Å²) in [4.78, 5) is 28.7. The van der Waals surface area contributed by atoms with Crippen molar-refractivity contribution in [2.75, 3.05) is 39.8 Å². The van der Waals surface area contributed by atoms with Crippen LogP contribution in [-0.2, 0) is 4.79 Å². The summed E-state index contributed by atoms with van der Waals surface area (Å²) in [5, 5.41) is 4.78. The summed E-state index contributed by atoms with van der Waals surface area (Å²) in [6.45, 7) is 6.66. The molecule has 0 spiro atoms. The summed E-state index contributed by atoms with van der Waals surface area (Å²) < 4.78 is 0. The van der Waals surface area contributed by atoms with Crippen LogP contribution in [0.1, 0.15) is 42.3 Å². The van der Waals surface area contributed by atoms with Gasteiger partial charge in [0.25, 0.3) is 5.91 Å². The smallest absolute Gasteiger partial charge is 0.264 e. The van der Waals surface area contributed by atoms with Crippen LogP contribution in [0, 0.1) is 5.92 Å². The average molecular weight is 352 g/mol. The fourth-order valence-electron chi connectivity index (χ4n) is 3.11. The fraction of sp³-hybridized carbons (Fsp3) is 0.667. The minimum absolute atomic E-state index is 0.0889. The molecular formula is C18H29N3O2S. The molecule has 1 aliphatic rings. The molecule has 1 aliphatic heterocycles. The highest BCUT2D eigenvalue weighted by Crippen LogP contribution is 2.15. The number of carbonyl (C=O) groups excluding carboxylic acids is 2. The Hall–Kier alpha value is -1.40. The van der Waals surface area contributed by atoms with Crippen molar-refractivity contribution in [1.29, 1.82) is 0 Å².